The molecule has 0 aromatic heterocycles. The Hall–Kier alpha value is -0.820. The molecule has 0 heterocycles. The lowest BCUT2D eigenvalue weighted by atomic mass is 9.70. The molecule has 18 heavy (non-hydrogen) atoms. The van der Waals surface area contributed by atoms with Crippen LogP contribution < -0.4 is 0 Å². The molecule has 1 heteroatoms. The summed E-state index contributed by atoms with van der Waals surface area (Å²) in [4.78, 5) is 0. The Bertz CT molecular complexity index is 364. The first-order valence-electron chi connectivity index (χ1n) is 7.55. The van der Waals surface area contributed by atoms with Crippen molar-refractivity contribution in [2.75, 3.05) is 0 Å². The summed E-state index contributed by atoms with van der Waals surface area (Å²) in [5.41, 5.74) is 1.86. The minimum absolute atomic E-state index is 0.522. The van der Waals surface area contributed by atoms with Crippen LogP contribution in [0.4, 0.5) is 0 Å². The van der Waals surface area contributed by atoms with Gasteiger partial charge in [0.05, 0.1) is 12.7 Å². The summed E-state index contributed by atoms with van der Waals surface area (Å²) in [6.45, 7) is 0.799. The van der Waals surface area contributed by atoms with Crippen molar-refractivity contribution in [1.82, 2.24) is 0 Å². The van der Waals surface area contributed by atoms with E-state index < -0.39 is 0 Å². The highest BCUT2D eigenvalue weighted by Crippen LogP contribution is 2.50. The maximum atomic E-state index is 6.31. The molecule has 0 amide bonds. The Morgan fingerprint density at radius 2 is 1.61 bits per heavy atom. The number of hydrogen-bond acceptors (Lipinski definition) is 1. The van der Waals surface area contributed by atoms with E-state index in [1.165, 1.54) is 56.9 Å². The van der Waals surface area contributed by atoms with Crippen molar-refractivity contribution in [3.05, 3.63) is 35.9 Å². The van der Waals surface area contributed by atoms with Crippen molar-refractivity contribution < 1.29 is 4.74 Å². The monoisotopic (exact) mass is 244 g/mol. The maximum Gasteiger partial charge on any atom is 0.0720 e. The fourth-order valence-electron chi connectivity index (χ4n) is 3.96. The second-order valence-corrected chi connectivity index (χ2v) is 6.10. The molecule has 1 unspecified atom stereocenters. The quantitative estimate of drug-likeness (QED) is 0.748. The normalized spacial score (nSPS) is 26.6. The van der Waals surface area contributed by atoms with Crippen LogP contribution in [0.25, 0.3) is 0 Å². The van der Waals surface area contributed by atoms with Crippen LogP contribution in [-0.2, 0) is 11.3 Å². The summed E-state index contributed by atoms with van der Waals surface area (Å²) in [6, 6.07) is 10.6. The zero-order valence-electron chi connectivity index (χ0n) is 11.2. The van der Waals surface area contributed by atoms with Crippen LogP contribution in [0.15, 0.2) is 30.3 Å². The average molecular weight is 244 g/mol. The lowest BCUT2D eigenvalue weighted by Gasteiger charge is -2.41. The van der Waals surface area contributed by atoms with Gasteiger partial charge in [-0.1, -0.05) is 56.0 Å². The number of rotatable bonds is 3. The molecular formula is C17H24O. The zero-order chi connectivity index (χ0) is 12.3. The van der Waals surface area contributed by atoms with E-state index >= 15 is 0 Å². The minimum atomic E-state index is 0.522. The van der Waals surface area contributed by atoms with Gasteiger partial charge in [-0.05, 0) is 36.7 Å². The van der Waals surface area contributed by atoms with E-state index in [-0.39, 0.29) is 0 Å². The first-order chi connectivity index (χ1) is 8.89. The van der Waals surface area contributed by atoms with Crippen molar-refractivity contribution in [2.45, 2.75) is 64.1 Å². The van der Waals surface area contributed by atoms with Crippen molar-refractivity contribution in [1.29, 1.82) is 0 Å². The van der Waals surface area contributed by atoms with Crippen LogP contribution in [0.2, 0.25) is 0 Å². The van der Waals surface area contributed by atoms with E-state index in [4.69, 9.17) is 4.74 Å². The van der Waals surface area contributed by atoms with Gasteiger partial charge in [0.2, 0.25) is 0 Å². The maximum absolute atomic E-state index is 6.31. The van der Waals surface area contributed by atoms with E-state index in [2.05, 4.69) is 30.3 Å². The Labute approximate surface area is 111 Å². The van der Waals surface area contributed by atoms with E-state index in [0.29, 0.717) is 11.5 Å². The van der Waals surface area contributed by atoms with Crippen LogP contribution in [0.3, 0.4) is 0 Å². The molecule has 1 atom stereocenters. The van der Waals surface area contributed by atoms with Crippen LogP contribution in [0, 0.1) is 5.41 Å². The Morgan fingerprint density at radius 3 is 2.33 bits per heavy atom. The summed E-state index contributed by atoms with van der Waals surface area (Å²) in [5.74, 6) is 0. The molecule has 0 N–H and O–H groups in total. The number of benzene rings is 1. The van der Waals surface area contributed by atoms with E-state index in [1.54, 1.807) is 0 Å². The summed E-state index contributed by atoms with van der Waals surface area (Å²) < 4.78 is 6.31. The van der Waals surface area contributed by atoms with Crippen molar-refractivity contribution in [2.24, 2.45) is 5.41 Å². The fraction of sp³-hybridized carbons (Fsp3) is 0.647. The molecule has 98 valence electrons. The molecule has 0 aliphatic heterocycles. The lowest BCUT2D eigenvalue weighted by molar-refractivity contribution is -0.0732. The molecule has 2 aliphatic carbocycles. The van der Waals surface area contributed by atoms with Crippen LogP contribution in [-0.4, -0.2) is 6.10 Å². The predicted octanol–water partition coefficient (Wildman–Crippen LogP) is 4.71. The summed E-state index contributed by atoms with van der Waals surface area (Å²) >= 11 is 0. The van der Waals surface area contributed by atoms with Gasteiger partial charge in [0, 0.05) is 0 Å². The molecule has 1 nitrogen and oxygen atoms in total. The van der Waals surface area contributed by atoms with Crippen LogP contribution in [0.5, 0.6) is 0 Å². The van der Waals surface area contributed by atoms with Gasteiger partial charge in [0.15, 0.2) is 0 Å². The van der Waals surface area contributed by atoms with E-state index in [1.807, 2.05) is 0 Å². The Balaban J connectivity index is 1.63. The van der Waals surface area contributed by atoms with E-state index in [0.717, 1.165) is 6.61 Å². The highest BCUT2D eigenvalue weighted by atomic mass is 16.5. The molecule has 1 aromatic carbocycles. The fourth-order valence-corrected chi connectivity index (χ4v) is 3.96. The minimum Gasteiger partial charge on any atom is -0.373 e. The molecule has 2 saturated carbocycles. The van der Waals surface area contributed by atoms with Gasteiger partial charge in [-0.15, -0.1) is 0 Å². The molecule has 2 fully saturated rings. The lowest BCUT2D eigenvalue weighted by Crippen LogP contribution is -2.37. The highest BCUT2D eigenvalue weighted by Gasteiger charge is 2.43. The van der Waals surface area contributed by atoms with Crippen molar-refractivity contribution in [3.8, 4) is 0 Å². The van der Waals surface area contributed by atoms with Crippen molar-refractivity contribution in [3.63, 3.8) is 0 Å². The second kappa shape index (κ2) is 5.44. The highest BCUT2D eigenvalue weighted by molar-refractivity contribution is 5.13. The molecular weight excluding hydrogens is 220 g/mol. The summed E-state index contributed by atoms with van der Waals surface area (Å²) in [6.07, 6.45) is 11.7. The average Bonchev–Trinajstić information content (AvgIpc) is 2.88. The molecule has 0 saturated heterocycles. The van der Waals surface area contributed by atoms with Gasteiger partial charge >= 0.3 is 0 Å². The Morgan fingerprint density at radius 1 is 0.944 bits per heavy atom. The topological polar surface area (TPSA) is 9.23 Å². The third-order valence-electron chi connectivity index (χ3n) is 4.97. The Kier molecular flexibility index (Phi) is 3.69. The first kappa shape index (κ1) is 12.2. The van der Waals surface area contributed by atoms with Gasteiger partial charge in [-0.3, -0.25) is 0 Å². The third-order valence-corrected chi connectivity index (χ3v) is 4.97. The van der Waals surface area contributed by atoms with Crippen LogP contribution >= 0.6 is 0 Å². The van der Waals surface area contributed by atoms with Crippen LogP contribution in [0.1, 0.15) is 56.9 Å². The molecule has 1 spiro atoms. The van der Waals surface area contributed by atoms with Gasteiger partial charge in [0.1, 0.15) is 0 Å². The second-order valence-electron chi connectivity index (χ2n) is 6.10. The smallest absolute Gasteiger partial charge is 0.0720 e. The van der Waals surface area contributed by atoms with Gasteiger partial charge < -0.3 is 4.74 Å². The number of ether oxygens (including phenoxy) is 1. The number of hydrogen-bond donors (Lipinski definition) is 0. The predicted molar refractivity (Wildman–Crippen MR) is 74.4 cm³/mol. The van der Waals surface area contributed by atoms with E-state index in [9.17, 15) is 0 Å². The van der Waals surface area contributed by atoms with Gasteiger partial charge in [-0.2, -0.15) is 0 Å². The molecule has 3 rings (SSSR count). The zero-order valence-corrected chi connectivity index (χ0v) is 11.2. The molecule has 2 aliphatic rings. The summed E-state index contributed by atoms with van der Waals surface area (Å²) in [7, 11) is 0. The molecule has 1 aromatic rings. The third kappa shape index (κ3) is 2.47. The van der Waals surface area contributed by atoms with Crippen molar-refractivity contribution >= 4 is 0 Å². The summed E-state index contributed by atoms with van der Waals surface area (Å²) in [5, 5.41) is 0. The SMILES string of the molecule is c1ccc(COC2CCCCC23CCCC3)cc1. The standard InChI is InChI=1S/C17H24O/c1-2-8-15(9-3-1)14-18-16-10-4-5-11-17(16)12-6-7-13-17/h1-3,8-9,16H,4-7,10-14H2. The van der Waals surface area contributed by atoms with Gasteiger partial charge in [0.25, 0.3) is 0 Å². The molecule has 0 radical (unpaired) electrons. The largest absolute Gasteiger partial charge is 0.373 e. The first-order valence-corrected chi connectivity index (χ1v) is 7.55. The molecule has 0 bridgehead atoms. The van der Waals surface area contributed by atoms with Gasteiger partial charge in [-0.25, -0.2) is 0 Å².